The van der Waals surface area contributed by atoms with Crippen molar-refractivity contribution in [2.24, 2.45) is 0 Å². The van der Waals surface area contributed by atoms with Gasteiger partial charge < -0.3 is 5.32 Å². The number of rotatable bonds is 7. The lowest BCUT2D eigenvalue weighted by Gasteiger charge is -2.41. The first-order valence-electron chi connectivity index (χ1n) is 7.24. The van der Waals surface area contributed by atoms with Crippen LogP contribution in [0.25, 0.3) is 0 Å². The molecule has 17 heavy (non-hydrogen) atoms. The third kappa shape index (κ3) is 5.19. The second-order valence-corrected chi connectivity index (χ2v) is 6.80. The molecule has 1 N–H and O–H groups in total. The van der Waals surface area contributed by atoms with E-state index in [2.05, 4.69) is 49.7 Å². The third-order valence-corrected chi connectivity index (χ3v) is 5.23. The Morgan fingerprint density at radius 2 is 2.12 bits per heavy atom. The van der Waals surface area contributed by atoms with Crippen LogP contribution in [0.5, 0.6) is 0 Å². The van der Waals surface area contributed by atoms with Crippen LogP contribution in [-0.4, -0.2) is 47.6 Å². The van der Waals surface area contributed by atoms with Crippen LogP contribution in [0.4, 0.5) is 0 Å². The van der Waals surface area contributed by atoms with E-state index in [4.69, 9.17) is 0 Å². The lowest BCUT2D eigenvalue weighted by molar-refractivity contribution is 0.154. The zero-order valence-corrected chi connectivity index (χ0v) is 12.9. The fraction of sp³-hybridized carbons (Fsp3) is 1.00. The molecular weight excluding hydrogens is 228 g/mol. The van der Waals surface area contributed by atoms with Gasteiger partial charge in [0.2, 0.25) is 0 Å². The molecule has 0 radical (unpaired) electrons. The Morgan fingerprint density at radius 1 is 1.35 bits per heavy atom. The highest BCUT2D eigenvalue weighted by atomic mass is 32.2. The highest BCUT2D eigenvalue weighted by molar-refractivity contribution is 8.00. The number of thioether (sulfide) groups is 1. The summed E-state index contributed by atoms with van der Waals surface area (Å²) in [5.74, 6) is 1.30. The van der Waals surface area contributed by atoms with Gasteiger partial charge in [0.1, 0.15) is 0 Å². The number of nitrogens with one attached hydrogen (secondary N) is 1. The van der Waals surface area contributed by atoms with Crippen molar-refractivity contribution in [3.8, 4) is 0 Å². The molecule has 0 aromatic carbocycles. The number of unbranched alkanes of at least 4 members (excludes halogenated alkanes) is 2. The average molecular weight is 258 g/mol. The first kappa shape index (κ1) is 15.3. The molecule has 0 aliphatic carbocycles. The van der Waals surface area contributed by atoms with Crippen LogP contribution in [0, 0.1) is 0 Å². The molecule has 3 atom stereocenters. The Bertz CT molecular complexity index is 199. The third-order valence-electron chi connectivity index (χ3n) is 3.90. The van der Waals surface area contributed by atoms with Gasteiger partial charge in [-0.05, 0) is 26.8 Å². The van der Waals surface area contributed by atoms with Crippen molar-refractivity contribution in [2.75, 3.05) is 25.4 Å². The minimum atomic E-state index is 0.676. The average Bonchev–Trinajstić information content (AvgIpc) is 2.32. The van der Waals surface area contributed by atoms with Crippen LogP contribution >= 0.6 is 11.8 Å². The summed E-state index contributed by atoms with van der Waals surface area (Å²) in [5, 5.41) is 4.39. The smallest absolute Gasteiger partial charge is 0.0195 e. The Hall–Kier alpha value is 0.270. The Morgan fingerprint density at radius 3 is 2.82 bits per heavy atom. The minimum Gasteiger partial charge on any atom is -0.315 e. The quantitative estimate of drug-likeness (QED) is 0.707. The van der Waals surface area contributed by atoms with Crippen LogP contribution in [0.2, 0.25) is 0 Å². The standard InChI is InChI=1S/C14H30N2S/c1-5-6-7-8-15-11-12(2)16-9-10-17-14(4)13(16)3/h12-15H,5-11H2,1-4H3. The molecule has 3 unspecified atom stereocenters. The summed E-state index contributed by atoms with van der Waals surface area (Å²) in [6.45, 7) is 13.0. The fourth-order valence-corrected chi connectivity index (χ4v) is 3.63. The van der Waals surface area contributed by atoms with Gasteiger partial charge in [0.15, 0.2) is 0 Å². The molecule has 0 bridgehead atoms. The number of nitrogens with zero attached hydrogens (tertiary/aromatic N) is 1. The maximum atomic E-state index is 3.60. The summed E-state index contributed by atoms with van der Waals surface area (Å²) in [6.07, 6.45) is 4.00. The molecule has 0 amide bonds. The van der Waals surface area contributed by atoms with Crippen LogP contribution in [0.3, 0.4) is 0 Å². The maximum Gasteiger partial charge on any atom is 0.0195 e. The number of hydrogen-bond acceptors (Lipinski definition) is 3. The van der Waals surface area contributed by atoms with E-state index in [0.717, 1.165) is 17.8 Å². The predicted molar refractivity (Wildman–Crippen MR) is 79.9 cm³/mol. The zero-order valence-electron chi connectivity index (χ0n) is 12.0. The molecule has 0 aromatic heterocycles. The second-order valence-electron chi connectivity index (χ2n) is 5.31. The monoisotopic (exact) mass is 258 g/mol. The van der Waals surface area contributed by atoms with Crippen molar-refractivity contribution < 1.29 is 0 Å². The van der Waals surface area contributed by atoms with E-state index < -0.39 is 0 Å². The molecule has 2 nitrogen and oxygen atoms in total. The van der Waals surface area contributed by atoms with Crippen LogP contribution < -0.4 is 5.32 Å². The first-order valence-corrected chi connectivity index (χ1v) is 8.29. The largest absolute Gasteiger partial charge is 0.315 e. The van der Waals surface area contributed by atoms with Gasteiger partial charge in [-0.15, -0.1) is 0 Å². The SMILES string of the molecule is CCCCCNCC(C)N1CCSC(C)C1C. The summed E-state index contributed by atoms with van der Waals surface area (Å²) in [5.41, 5.74) is 0. The van der Waals surface area contributed by atoms with E-state index in [1.807, 2.05) is 0 Å². The molecule has 1 aliphatic rings. The normalized spacial score (nSPS) is 28.2. The van der Waals surface area contributed by atoms with E-state index in [-0.39, 0.29) is 0 Å². The van der Waals surface area contributed by atoms with Crippen LogP contribution in [-0.2, 0) is 0 Å². The van der Waals surface area contributed by atoms with Gasteiger partial charge in [-0.2, -0.15) is 11.8 Å². The summed E-state index contributed by atoms with van der Waals surface area (Å²) < 4.78 is 0. The molecule has 1 saturated heterocycles. The van der Waals surface area contributed by atoms with Crippen molar-refractivity contribution in [1.82, 2.24) is 10.2 Å². The maximum absolute atomic E-state index is 3.60. The van der Waals surface area contributed by atoms with E-state index >= 15 is 0 Å². The lowest BCUT2D eigenvalue weighted by atomic mass is 10.1. The summed E-state index contributed by atoms with van der Waals surface area (Å²) >= 11 is 2.12. The molecule has 1 rings (SSSR count). The predicted octanol–water partition coefficient (Wildman–Crippen LogP) is 2.98. The molecule has 0 spiro atoms. The molecular formula is C14H30N2S. The summed E-state index contributed by atoms with van der Waals surface area (Å²) in [4.78, 5) is 2.67. The van der Waals surface area contributed by atoms with Gasteiger partial charge >= 0.3 is 0 Å². The van der Waals surface area contributed by atoms with Crippen molar-refractivity contribution >= 4 is 11.8 Å². The van der Waals surface area contributed by atoms with Gasteiger partial charge in [0, 0.05) is 36.2 Å². The van der Waals surface area contributed by atoms with Crippen LogP contribution in [0.15, 0.2) is 0 Å². The van der Waals surface area contributed by atoms with Crippen molar-refractivity contribution in [2.45, 2.75) is 64.3 Å². The second kappa shape index (κ2) is 8.39. The van der Waals surface area contributed by atoms with E-state index in [0.29, 0.717) is 6.04 Å². The molecule has 1 aliphatic heterocycles. The fourth-order valence-electron chi connectivity index (χ4n) is 2.51. The van der Waals surface area contributed by atoms with E-state index in [1.54, 1.807) is 0 Å². The highest BCUT2D eigenvalue weighted by Gasteiger charge is 2.28. The molecule has 0 saturated carbocycles. The topological polar surface area (TPSA) is 15.3 Å². The first-order chi connectivity index (χ1) is 8.16. The van der Waals surface area contributed by atoms with Gasteiger partial charge in [-0.3, -0.25) is 4.90 Å². The van der Waals surface area contributed by atoms with Gasteiger partial charge in [-0.1, -0.05) is 26.7 Å². The van der Waals surface area contributed by atoms with E-state index in [9.17, 15) is 0 Å². The lowest BCUT2D eigenvalue weighted by Crippen LogP contribution is -2.52. The molecule has 102 valence electrons. The van der Waals surface area contributed by atoms with Crippen LogP contribution in [0.1, 0.15) is 47.0 Å². The molecule has 3 heteroatoms. The van der Waals surface area contributed by atoms with Crippen molar-refractivity contribution in [1.29, 1.82) is 0 Å². The van der Waals surface area contributed by atoms with Crippen molar-refractivity contribution in [3.05, 3.63) is 0 Å². The molecule has 1 fully saturated rings. The summed E-state index contributed by atoms with van der Waals surface area (Å²) in [6, 6.07) is 1.40. The van der Waals surface area contributed by atoms with E-state index in [1.165, 1.54) is 38.1 Å². The van der Waals surface area contributed by atoms with Gasteiger partial charge in [0.25, 0.3) is 0 Å². The Kier molecular flexibility index (Phi) is 7.56. The minimum absolute atomic E-state index is 0.676. The number of hydrogen-bond donors (Lipinski definition) is 1. The Labute approximate surface area is 112 Å². The highest BCUT2D eigenvalue weighted by Crippen LogP contribution is 2.25. The van der Waals surface area contributed by atoms with Gasteiger partial charge in [-0.25, -0.2) is 0 Å². The Balaban J connectivity index is 2.19. The van der Waals surface area contributed by atoms with Crippen molar-refractivity contribution in [3.63, 3.8) is 0 Å². The summed E-state index contributed by atoms with van der Waals surface area (Å²) in [7, 11) is 0. The molecule has 0 aromatic rings. The zero-order chi connectivity index (χ0) is 12.7. The molecule has 1 heterocycles. The van der Waals surface area contributed by atoms with Gasteiger partial charge in [0.05, 0.1) is 0 Å².